The standard InChI is InChI=1S/C29H20S4/c1-19-6-8-20(9-7-19)10-11-21-12-13-24-25(18-21)27(29-32-16-17-33-29)23-5-3-2-4-22(23)26(24)28-30-14-15-31-28/h2-18H,1H3/b11-10+. The van der Waals surface area contributed by atoms with E-state index in [9.17, 15) is 0 Å². The largest absolute Gasteiger partial charge is 0.0895 e. The first-order valence-corrected chi connectivity index (χ1v) is 14.2. The number of benzene rings is 4. The van der Waals surface area contributed by atoms with Crippen LogP contribution in [0.5, 0.6) is 0 Å². The first-order valence-electron chi connectivity index (χ1n) is 10.7. The van der Waals surface area contributed by atoms with E-state index in [4.69, 9.17) is 0 Å². The smallest absolute Gasteiger partial charge is 0.0571 e. The summed E-state index contributed by atoms with van der Waals surface area (Å²) in [5.74, 6) is 0. The highest BCUT2D eigenvalue weighted by Crippen LogP contribution is 2.41. The Labute approximate surface area is 210 Å². The molecule has 0 spiro atoms. The van der Waals surface area contributed by atoms with Crippen molar-refractivity contribution in [2.45, 2.75) is 6.92 Å². The molecule has 4 heteroatoms. The van der Waals surface area contributed by atoms with Crippen molar-refractivity contribution in [1.82, 2.24) is 0 Å². The molecule has 0 amide bonds. The first kappa shape index (κ1) is 21.3. The predicted molar refractivity (Wildman–Crippen MR) is 156 cm³/mol. The van der Waals surface area contributed by atoms with Crippen molar-refractivity contribution in [2.24, 2.45) is 0 Å². The van der Waals surface area contributed by atoms with E-state index in [-0.39, 0.29) is 0 Å². The van der Waals surface area contributed by atoms with Gasteiger partial charge in [-0.25, -0.2) is 0 Å². The second-order valence-electron chi connectivity index (χ2n) is 7.94. The molecule has 2 aliphatic rings. The third-order valence-corrected chi connectivity index (χ3v) is 10.1. The minimum Gasteiger partial charge on any atom is -0.0895 e. The average Bonchev–Trinajstić information content (AvgIpc) is 3.57. The van der Waals surface area contributed by atoms with Crippen LogP contribution in [0.2, 0.25) is 0 Å². The van der Waals surface area contributed by atoms with Crippen LogP contribution in [0.25, 0.3) is 42.2 Å². The highest BCUT2D eigenvalue weighted by atomic mass is 32.2. The fourth-order valence-electron chi connectivity index (χ4n) is 4.26. The molecule has 4 aromatic rings. The van der Waals surface area contributed by atoms with Crippen molar-refractivity contribution in [2.75, 3.05) is 0 Å². The number of fused-ring (bicyclic) bond motifs is 2. The molecule has 0 aliphatic carbocycles. The summed E-state index contributed by atoms with van der Waals surface area (Å²) in [6.07, 6.45) is 4.44. The van der Waals surface area contributed by atoms with E-state index in [2.05, 4.69) is 107 Å². The minimum absolute atomic E-state index is 1.22. The normalized spacial score (nSPS) is 15.7. The van der Waals surface area contributed by atoms with E-state index in [1.54, 1.807) is 0 Å². The van der Waals surface area contributed by atoms with Crippen molar-refractivity contribution in [3.63, 3.8) is 0 Å². The molecule has 2 aliphatic heterocycles. The molecular formula is C29H20S4. The Kier molecular flexibility index (Phi) is 5.93. The molecule has 0 nitrogen and oxygen atoms in total. The van der Waals surface area contributed by atoms with Crippen LogP contribution >= 0.6 is 47.0 Å². The number of thioether (sulfide) groups is 4. The lowest BCUT2D eigenvalue weighted by Crippen LogP contribution is -2.16. The van der Waals surface area contributed by atoms with E-state index in [1.165, 1.54) is 57.1 Å². The van der Waals surface area contributed by atoms with Gasteiger partial charge in [0.2, 0.25) is 0 Å². The van der Waals surface area contributed by atoms with E-state index >= 15 is 0 Å². The summed E-state index contributed by atoms with van der Waals surface area (Å²) in [4.78, 5) is 0. The Morgan fingerprint density at radius 3 is 1.61 bits per heavy atom. The van der Waals surface area contributed by atoms with E-state index in [1.807, 2.05) is 47.0 Å². The first-order chi connectivity index (χ1) is 16.3. The number of hydrogen-bond donors (Lipinski definition) is 0. The fourth-order valence-corrected chi connectivity index (χ4v) is 8.10. The molecule has 0 bridgehead atoms. The van der Waals surface area contributed by atoms with Gasteiger partial charge in [0.15, 0.2) is 0 Å². The van der Waals surface area contributed by atoms with Gasteiger partial charge in [0, 0.05) is 10.4 Å². The Morgan fingerprint density at radius 2 is 1.00 bits per heavy atom. The summed E-state index contributed by atoms with van der Waals surface area (Å²) < 4.78 is 2.72. The number of rotatable bonds is 2. The lowest BCUT2D eigenvalue weighted by molar-refractivity contribution is 1.46. The molecule has 0 saturated heterocycles. The van der Waals surface area contributed by atoms with Gasteiger partial charge in [0.25, 0.3) is 0 Å². The zero-order valence-electron chi connectivity index (χ0n) is 17.9. The summed E-state index contributed by atoms with van der Waals surface area (Å²) in [5, 5.41) is 16.8. The Bertz CT molecular complexity index is 1590. The van der Waals surface area contributed by atoms with Gasteiger partial charge in [-0.05, 0) is 67.3 Å². The topological polar surface area (TPSA) is 0 Å². The molecule has 2 heterocycles. The summed E-state index contributed by atoms with van der Waals surface area (Å²) in [6, 6.07) is 24.5. The molecule has 33 heavy (non-hydrogen) atoms. The highest BCUT2D eigenvalue weighted by Gasteiger charge is 2.15. The van der Waals surface area contributed by atoms with Crippen LogP contribution in [0.4, 0.5) is 0 Å². The zero-order chi connectivity index (χ0) is 22.2. The summed E-state index contributed by atoms with van der Waals surface area (Å²) >= 11 is 7.33. The lowest BCUT2D eigenvalue weighted by Gasteiger charge is -2.12. The molecule has 6 rings (SSSR count). The van der Waals surface area contributed by atoms with E-state index in [0.717, 1.165) is 0 Å². The van der Waals surface area contributed by atoms with Crippen molar-refractivity contribution < 1.29 is 0 Å². The molecule has 0 N–H and O–H groups in total. The average molecular weight is 497 g/mol. The van der Waals surface area contributed by atoms with Crippen molar-refractivity contribution >= 4 is 89.2 Å². The summed E-state index contributed by atoms with van der Waals surface area (Å²) in [6.45, 7) is 2.13. The Balaban J connectivity index is 1.66. The Hall–Kier alpha value is -2.24. The van der Waals surface area contributed by atoms with Gasteiger partial charge in [-0.3, -0.25) is 0 Å². The monoisotopic (exact) mass is 496 g/mol. The molecular weight excluding hydrogens is 477 g/mol. The van der Waals surface area contributed by atoms with E-state index < -0.39 is 0 Å². The number of aryl methyl sites for hydroxylation is 1. The van der Waals surface area contributed by atoms with Gasteiger partial charge in [0.05, 0.1) is 8.47 Å². The third kappa shape index (κ3) is 4.10. The van der Waals surface area contributed by atoms with E-state index in [0.29, 0.717) is 0 Å². The quantitative estimate of drug-likeness (QED) is 0.201. The molecule has 0 radical (unpaired) electrons. The maximum atomic E-state index is 2.37. The second-order valence-corrected chi connectivity index (χ2v) is 12.1. The second kappa shape index (κ2) is 9.19. The Morgan fingerprint density at radius 1 is 0.515 bits per heavy atom. The SMILES string of the molecule is Cc1ccc(/C=C/c2ccc3c(=C4SC=CS4)c4ccccc4c(=C4SC=CS4)c3c2)cc1. The van der Waals surface area contributed by atoms with Gasteiger partial charge >= 0.3 is 0 Å². The van der Waals surface area contributed by atoms with Crippen molar-refractivity contribution in [3.8, 4) is 0 Å². The van der Waals surface area contributed by atoms with Gasteiger partial charge < -0.3 is 0 Å². The summed E-state index contributed by atoms with van der Waals surface area (Å²) in [7, 11) is 0. The van der Waals surface area contributed by atoms with Crippen molar-refractivity contribution in [1.29, 1.82) is 0 Å². The molecule has 0 unspecified atom stereocenters. The maximum absolute atomic E-state index is 2.37. The molecule has 4 aromatic carbocycles. The molecule has 160 valence electrons. The van der Waals surface area contributed by atoms with Crippen LogP contribution in [0, 0.1) is 6.92 Å². The molecule has 0 saturated carbocycles. The predicted octanol–water partition coefficient (Wildman–Crippen LogP) is 8.51. The maximum Gasteiger partial charge on any atom is 0.0571 e. The van der Waals surface area contributed by atoms with Crippen molar-refractivity contribution in [3.05, 3.63) is 115 Å². The fraction of sp³-hybridized carbons (Fsp3) is 0.0345. The summed E-state index contributed by atoms with van der Waals surface area (Å²) in [5.41, 5.74) is 3.73. The molecule has 0 atom stereocenters. The lowest BCUT2D eigenvalue weighted by atomic mass is 9.97. The van der Waals surface area contributed by atoms with Gasteiger partial charge in [-0.2, -0.15) is 0 Å². The van der Waals surface area contributed by atoms with Gasteiger partial charge in [-0.1, -0.05) is 125 Å². The van der Waals surface area contributed by atoms with Crippen LogP contribution in [0.1, 0.15) is 16.7 Å². The molecule has 0 aromatic heterocycles. The van der Waals surface area contributed by atoms with Gasteiger partial charge in [0.1, 0.15) is 0 Å². The van der Waals surface area contributed by atoms with Crippen LogP contribution in [0.15, 0.2) is 88.4 Å². The molecule has 0 fully saturated rings. The third-order valence-electron chi connectivity index (χ3n) is 5.81. The zero-order valence-corrected chi connectivity index (χ0v) is 21.2. The van der Waals surface area contributed by atoms with Crippen LogP contribution in [-0.4, -0.2) is 0 Å². The minimum atomic E-state index is 1.22. The van der Waals surface area contributed by atoms with Gasteiger partial charge in [-0.15, -0.1) is 0 Å². The van der Waals surface area contributed by atoms with Crippen LogP contribution < -0.4 is 10.4 Å². The van der Waals surface area contributed by atoms with Crippen LogP contribution in [-0.2, 0) is 0 Å². The van der Waals surface area contributed by atoms with Crippen LogP contribution in [0.3, 0.4) is 0 Å². The number of hydrogen-bond acceptors (Lipinski definition) is 4. The highest BCUT2D eigenvalue weighted by molar-refractivity contribution is 8.35.